The lowest BCUT2D eigenvalue weighted by atomic mass is 10.2. The van der Waals surface area contributed by atoms with Crippen molar-refractivity contribution in [3.8, 4) is 0 Å². The minimum Gasteiger partial charge on any atom is -0.369 e. The molecule has 0 amide bonds. The third kappa shape index (κ3) is 3.27. The average Bonchev–Trinajstić information content (AvgIpc) is 2.83. The van der Waals surface area contributed by atoms with Crippen LogP contribution in [0.5, 0.6) is 0 Å². The molecule has 0 atom stereocenters. The molecule has 1 aliphatic heterocycles. The number of aromatic nitrogens is 3. The molecule has 0 aliphatic carbocycles. The first-order chi connectivity index (χ1) is 11.6. The van der Waals surface area contributed by atoms with Crippen molar-refractivity contribution in [3.05, 3.63) is 35.3 Å². The molecule has 0 spiro atoms. The van der Waals surface area contributed by atoms with E-state index in [0.717, 1.165) is 56.1 Å². The van der Waals surface area contributed by atoms with Crippen LogP contribution in [0.15, 0.2) is 18.5 Å². The Balaban J connectivity index is 1.82. The van der Waals surface area contributed by atoms with Crippen LogP contribution >= 0.6 is 0 Å². The Morgan fingerprint density at radius 1 is 1.08 bits per heavy atom. The summed E-state index contributed by atoms with van der Waals surface area (Å²) < 4.78 is 0. The number of anilines is 3. The summed E-state index contributed by atoms with van der Waals surface area (Å²) in [4.78, 5) is 17.9. The van der Waals surface area contributed by atoms with E-state index in [1.54, 1.807) is 0 Å². The van der Waals surface area contributed by atoms with Crippen molar-refractivity contribution in [1.29, 1.82) is 0 Å². The molecule has 0 bridgehead atoms. The number of hydrogen-bond acceptors (Lipinski definition) is 6. The number of nitrogens with zero attached hydrogens (tertiary/aromatic N) is 5. The van der Waals surface area contributed by atoms with Crippen LogP contribution in [-0.2, 0) is 6.42 Å². The summed E-state index contributed by atoms with van der Waals surface area (Å²) in [5, 5.41) is 0. The van der Waals surface area contributed by atoms with Crippen LogP contribution in [0.4, 0.5) is 17.5 Å². The second-order valence-corrected chi connectivity index (χ2v) is 6.32. The standard InChI is InChI=1S/C18H26N6/c1-4-15-14(3)17(22-18(19)21-15)24-9-5-8-23(10-11-24)16-6-7-20-12-13(16)2/h6-7,12H,4-5,8-11H2,1-3H3,(H2,19,21,22). The smallest absolute Gasteiger partial charge is 0.222 e. The predicted octanol–water partition coefficient (Wildman–Crippen LogP) is 2.35. The van der Waals surface area contributed by atoms with Crippen molar-refractivity contribution in [2.75, 3.05) is 41.7 Å². The number of hydrogen-bond donors (Lipinski definition) is 1. The Morgan fingerprint density at radius 3 is 2.58 bits per heavy atom. The van der Waals surface area contributed by atoms with Gasteiger partial charge in [-0.25, -0.2) is 4.98 Å². The van der Waals surface area contributed by atoms with Crippen LogP contribution in [0.25, 0.3) is 0 Å². The molecular weight excluding hydrogens is 300 g/mol. The molecule has 6 heteroatoms. The summed E-state index contributed by atoms with van der Waals surface area (Å²) in [6.07, 6.45) is 5.77. The summed E-state index contributed by atoms with van der Waals surface area (Å²) in [6.45, 7) is 10.3. The zero-order valence-electron chi connectivity index (χ0n) is 14.8. The van der Waals surface area contributed by atoms with Gasteiger partial charge in [0.15, 0.2) is 0 Å². The molecule has 1 fully saturated rings. The van der Waals surface area contributed by atoms with Gasteiger partial charge in [-0.05, 0) is 38.3 Å². The van der Waals surface area contributed by atoms with Gasteiger partial charge in [-0.1, -0.05) is 6.92 Å². The molecule has 0 radical (unpaired) electrons. The fraction of sp³-hybridized carbons (Fsp3) is 0.500. The van der Waals surface area contributed by atoms with E-state index in [2.05, 4.69) is 51.6 Å². The number of rotatable bonds is 3. The van der Waals surface area contributed by atoms with Crippen molar-refractivity contribution in [3.63, 3.8) is 0 Å². The van der Waals surface area contributed by atoms with Gasteiger partial charge in [0, 0.05) is 49.8 Å². The van der Waals surface area contributed by atoms with E-state index >= 15 is 0 Å². The lowest BCUT2D eigenvalue weighted by Gasteiger charge is -2.26. The number of nitrogens with two attached hydrogens (primary N) is 1. The van der Waals surface area contributed by atoms with Crippen LogP contribution in [0, 0.1) is 13.8 Å². The summed E-state index contributed by atoms with van der Waals surface area (Å²) >= 11 is 0. The Kier molecular flexibility index (Phi) is 4.83. The number of nitrogen functional groups attached to an aromatic ring is 1. The van der Waals surface area contributed by atoms with Crippen molar-refractivity contribution in [2.45, 2.75) is 33.6 Å². The Labute approximate surface area is 143 Å². The maximum Gasteiger partial charge on any atom is 0.222 e. The van der Waals surface area contributed by atoms with Crippen molar-refractivity contribution in [2.24, 2.45) is 0 Å². The summed E-state index contributed by atoms with van der Waals surface area (Å²) in [5.74, 6) is 1.37. The maximum absolute atomic E-state index is 5.92. The third-order valence-corrected chi connectivity index (χ3v) is 4.70. The Bertz CT molecular complexity index is 715. The van der Waals surface area contributed by atoms with E-state index < -0.39 is 0 Å². The fourth-order valence-electron chi connectivity index (χ4n) is 3.41. The molecule has 1 saturated heterocycles. The molecule has 0 aromatic carbocycles. The van der Waals surface area contributed by atoms with Gasteiger partial charge in [0.2, 0.25) is 5.95 Å². The lowest BCUT2D eigenvalue weighted by molar-refractivity contribution is 0.788. The fourth-order valence-corrected chi connectivity index (χ4v) is 3.41. The highest BCUT2D eigenvalue weighted by Gasteiger charge is 2.20. The zero-order valence-corrected chi connectivity index (χ0v) is 14.8. The molecule has 0 unspecified atom stereocenters. The summed E-state index contributed by atoms with van der Waals surface area (Å²) in [5.41, 5.74) is 10.6. The average molecular weight is 326 g/mol. The molecule has 128 valence electrons. The van der Waals surface area contributed by atoms with Gasteiger partial charge in [-0.2, -0.15) is 4.98 Å². The van der Waals surface area contributed by atoms with E-state index in [0.29, 0.717) is 5.95 Å². The highest BCUT2D eigenvalue weighted by Crippen LogP contribution is 2.25. The number of pyridine rings is 1. The monoisotopic (exact) mass is 326 g/mol. The van der Waals surface area contributed by atoms with Gasteiger partial charge >= 0.3 is 0 Å². The van der Waals surface area contributed by atoms with Crippen LogP contribution in [-0.4, -0.2) is 41.1 Å². The van der Waals surface area contributed by atoms with E-state index in [9.17, 15) is 0 Å². The van der Waals surface area contributed by atoms with Crippen molar-refractivity contribution < 1.29 is 0 Å². The SMILES string of the molecule is CCc1nc(N)nc(N2CCCN(c3ccncc3C)CC2)c1C. The highest BCUT2D eigenvalue weighted by atomic mass is 15.3. The Morgan fingerprint density at radius 2 is 1.83 bits per heavy atom. The van der Waals surface area contributed by atoms with Crippen molar-refractivity contribution >= 4 is 17.5 Å². The molecule has 3 rings (SSSR count). The molecule has 3 heterocycles. The van der Waals surface area contributed by atoms with E-state index in [1.165, 1.54) is 11.3 Å². The Hall–Kier alpha value is -2.37. The summed E-state index contributed by atoms with van der Waals surface area (Å²) in [6, 6.07) is 2.11. The van der Waals surface area contributed by atoms with Crippen LogP contribution < -0.4 is 15.5 Å². The number of aryl methyl sites for hydroxylation is 2. The first kappa shape index (κ1) is 16.5. The minimum absolute atomic E-state index is 0.374. The van der Waals surface area contributed by atoms with Crippen LogP contribution in [0.2, 0.25) is 0 Å². The zero-order chi connectivity index (χ0) is 17.1. The van der Waals surface area contributed by atoms with Gasteiger partial charge in [0.1, 0.15) is 5.82 Å². The van der Waals surface area contributed by atoms with Crippen LogP contribution in [0.1, 0.15) is 30.2 Å². The summed E-state index contributed by atoms with van der Waals surface area (Å²) in [7, 11) is 0. The first-order valence-corrected chi connectivity index (χ1v) is 8.63. The minimum atomic E-state index is 0.374. The second-order valence-electron chi connectivity index (χ2n) is 6.32. The predicted molar refractivity (Wildman–Crippen MR) is 98.6 cm³/mol. The van der Waals surface area contributed by atoms with Gasteiger partial charge in [0.25, 0.3) is 0 Å². The molecule has 1 aliphatic rings. The molecule has 6 nitrogen and oxygen atoms in total. The highest BCUT2D eigenvalue weighted by molar-refractivity contribution is 5.54. The maximum atomic E-state index is 5.92. The molecule has 2 N–H and O–H groups in total. The molecule has 0 saturated carbocycles. The molecule has 2 aromatic heterocycles. The quantitative estimate of drug-likeness (QED) is 0.933. The molecule has 2 aromatic rings. The lowest BCUT2D eigenvalue weighted by Crippen LogP contribution is -2.32. The van der Waals surface area contributed by atoms with Gasteiger partial charge < -0.3 is 15.5 Å². The van der Waals surface area contributed by atoms with E-state index in [-0.39, 0.29) is 0 Å². The van der Waals surface area contributed by atoms with Gasteiger partial charge in [-0.15, -0.1) is 0 Å². The van der Waals surface area contributed by atoms with E-state index in [4.69, 9.17) is 5.73 Å². The topological polar surface area (TPSA) is 71.2 Å². The largest absolute Gasteiger partial charge is 0.369 e. The third-order valence-electron chi connectivity index (χ3n) is 4.70. The van der Waals surface area contributed by atoms with Gasteiger partial charge in [0.05, 0.1) is 5.69 Å². The molecular formula is C18H26N6. The van der Waals surface area contributed by atoms with Gasteiger partial charge in [-0.3, -0.25) is 4.98 Å². The normalized spacial score (nSPS) is 15.5. The van der Waals surface area contributed by atoms with Crippen molar-refractivity contribution in [1.82, 2.24) is 15.0 Å². The van der Waals surface area contributed by atoms with Crippen LogP contribution in [0.3, 0.4) is 0 Å². The molecule has 24 heavy (non-hydrogen) atoms. The first-order valence-electron chi connectivity index (χ1n) is 8.63. The second kappa shape index (κ2) is 7.03. The van der Waals surface area contributed by atoms with E-state index in [1.807, 2.05) is 12.4 Å².